The molecule has 0 aliphatic carbocycles. The molecule has 0 aliphatic heterocycles. The predicted octanol–water partition coefficient (Wildman–Crippen LogP) is 1.67. The Morgan fingerprint density at radius 3 is 2.62 bits per heavy atom. The number of rotatable bonds is 14. The van der Waals surface area contributed by atoms with E-state index in [0.717, 1.165) is 5.56 Å². The molecule has 1 rings (SSSR count). The van der Waals surface area contributed by atoms with Crippen LogP contribution in [0.5, 0.6) is 0 Å². The Balaban J connectivity index is 2.12. The molecular formula is C17H27NO6. The number of nitrogens with one attached hydrogen (secondary N) is 1. The van der Waals surface area contributed by atoms with Gasteiger partial charge in [0.1, 0.15) is 6.61 Å². The third-order valence-electron chi connectivity index (χ3n) is 3.12. The predicted molar refractivity (Wildman–Crippen MR) is 88.1 cm³/mol. The summed E-state index contributed by atoms with van der Waals surface area (Å²) in [5, 5.41) is 0. The molecule has 0 bridgehead atoms. The van der Waals surface area contributed by atoms with Gasteiger partial charge in [-0.15, -0.1) is 0 Å². The first-order valence-corrected chi connectivity index (χ1v) is 7.88. The summed E-state index contributed by atoms with van der Waals surface area (Å²) >= 11 is 0. The van der Waals surface area contributed by atoms with Crippen molar-refractivity contribution in [2.45, 2.75) is 25.5 Å². The molecule has 1 aromatic carbocycles. The van der Waals surface area contributed by atoms with Crippen molar-refractivity contribution in [2.75, 3.05) is 40.8 Å². The molecule has 0 saturated heterocycles. The highest BCUT2D eigenvalue weighted by Gasteiger charge is 2.12. The fraction of sp³-hybridized carbons (Fsp3) is 0.588. The highest BCUT2D eigenvalue weighted by atomic mass is 16.8. The molecule has 7 heteroatoms. The molecule has 136 valence electrons. The van der Waals surface area contributed by atoms with Gasteiger partial charge in [0.2, 0.25) is 0 Å². The van der Waals surface area contributed by atoms with Crippen molar-refractivity contribution in [1.29, 1.82) is 0 Å². The standard InChI is InChI=1S/C17H27NO6/c1-20-10-11-23-17(19)9-8-16(13-21-2)18-24-14-22-12-15-6-4-3-5-7-15/h3-7,16,18H,8-14H2,1-2H3. The van der Waals surface area contributed by atoms with Crippen LogP contribution in [0.4, 0.5) is 0 Å². The van der Waals surface area contributed by atoms with E-state index in [4.69, 9.17) is 23.8 Å². The number of hydrogen-bond acceptors (Lipinski definition) is 7. The second kappa shape index (κ2) is 13.9. The molecule has 0 radical (unpaired) electrons. The zero-order valence-electron chi connectivity index (χ0n) is 14.4. The van der Waals surface area contributed by atoms with E-state index >= 15 is 0 Å². The number of carbonyl (C=O) groups is 1. The fourth-order valence-corrected chi connectivity index (χ4v) is 1.91. The molecule has 0 amide bonds. The summed E-state index contributed by atoms with van der Waals surface area (Å²) in [7, 11) is 3.15. The molecule has 0 fully saturated rings. The van der Waals surface area contributed by atoms with E-state index < -0.39 is 0 Å². The summed E-state index contributed by atoms with van der Waals surface area (Å²) in [6, 6.07) is 9.71. The molecule has 0 spiro atoms. The zero-order valence-corrected chi connectivity index (χ0v) is 14.4. The number of esters is 1. The second-order valence-corrected chi connectivity index (χ2v) is 5.12. The van der Waals surface area contributed by atoms with Crippen LogP contribution in [0.25, 0.3) is 0 Å². The maximum atomic E-state index is 11.5. The third-order valence-corrected chi connectivity index (χ3v) is 3.12. The van der Waals surface area contributed by atoms with Crippen molar-refractivity contribution in [1.82, 2.24) is 5.48 Å². The summed E-state index contributed by atoms with van der Waals surface area (Å²) in [6.45, 7) is 1.66. The van der Waals surface area contributed by atoms with Crippen molar-refractivity contribution in [2.24, 2.45) is 0 Å². The smallest absolute Gasteiger partial charge is 0.305 e. The van der Waals surface area contributed by atoms with Crippen LogP contribution >= 0.6 is 0 Å². The van der Waals surface area contributed by atoms with E-state index in [1.54, 1.807) is 14.2 Å². The first-order chi connectivity index (χ1) is 11.8. The van der Waals surface area contributed by atoms with Gasteiger partial charge in [-0.2, -0.15) is 5.48 Å². The minimum absolute atomic E-state index is 0.105. The lowest BCUT2D eigenvalue weighted by atomic mass is 10.2. The van der Waals surface area contributed by atoms with Crippen LogP contribution in [0.3, 0.4) is 0 Å². The van der Waals surface area contributed by atoms with Crippen molar-refractivity contribution < 1.29 is 28.6 Å². The van der Waals surface area contributed by atoms with Crippen LogP contribution in [0, 0.1) is 0 Å². The lowest BCUT2D eigenvalue weighted by Gasteiger charge is -2.17. The van der Waals surface area contributed by atoms with Gasteiger partial charge >= 0.3 is 5.97 Å². The van der Waals surface area contributed by atoms with Gasteiger partial charge in [-0.3, -0.25) is 9.63 Å². The number of methoxy groups -OCH3 is 2. The maximum Gasteiger partial charge on any atom is 0.305 e. The Morgan fingerprint density at radius 1 is 1.12 bits per heavy atom. The molecule has 0 heterocycles. The molecule has 1 aromatic rings. The Morgan fingerprint density at radius 2 is 1.92 bits per heavy atom. The van der Waals surface area contributed by atoms with Gasteiger partial charge < -0.3 is 18.9 Å². The highest BCUT2D eigenvalue weighted by Crippen LogP contribution is 2.02. The minimum atomic E-state index is -0.268. The van der Waals surface area contributed by atoms with Crippen LogP contribution in [0.1, 0.15) is 18.4 Å². The lowest BCUT2D eigenvalue weighted by molar-refractivity contribution is -0.146. The van der Waals surface area contributed by atoms with E-state index in [0.29, 0.717) is 26.2 Å². The summed E-state index contributed by atoms with van der Waals surface area (Å²) in [5.74, 6) is -0.268. The SMILES string of the molecule is COCCOC(=O)CCC(COC)NOCOCc1ccccc1. The molecule has 0 aromatic heterocycles. The van der Waals surface area contributed by atoms with Crippen molar-refractivity contribution in [3.05, 3.63) is 35.9 Å². The second-order valence-electron chi connectivity index (χ2n) is 5.12. The van der Waals surface area contributed by atoms with Crippen LogP contribution in [0.15, 0.2) is 30.3 Å². The maximum absolute atomic E-state index is 11.5. The van der Waals surface area contributed by atoms with Crippen molar-refractivity contribution in [3.8, 4) is 0 Å². The molecule has 1 atom stereocenters. The first kappa shape index (κ1) is 20.5. The number of benzene rings is 1. The molecule has 0 aliphatic rings. The van der Waals surface area contributed by atoms with Crippen molar-refractivity contribution >= 4 is 5.97 Å². The first-order valence-electron chi connectivity index (χ1n) is 7.88. The van der Waals surface area contributed by atoms with Gasteiger partial charge in [-0.25, -0.2) is 0 Å². The Hall–Kier alpha value is -1.51. The van der Waals surface area contributed by atoms with Crippen LogP contribution in [-0.4, -0.2) is 52.8 Å². The topological polar surface area (TPSA) is 75.3 Å². The molecular weight excluding hydrogens is 314 g/mol. The van der Waals surface area contributed by atoms with Gasteiger partial charge in [-0.1, -0.05) is 30.3 Å². The van der Waals surface area contributed by atoms with Gasteiger partial charge in [0.25, 0.3) is 0 Å². The highest BCUT2D eigenvalue weighted by molar-refractivity contribution is 5.69. The van der Waals surface area contributed by atoms with E-state index in [1.165, 1.54) is 0 Å². The quantitative estimate of drug-likeness (QED) is 0.239. The van der Waals surface area contributed by atoms with Gasteiger partial charge in [0, 0.05) is 20.6 Å². The number of carbonyl (C=O) groups excluding carboxylic acids is 1. The molecule has 1 N–H and O–H groups in total. The Labute approximate surface area is 143 Å². The number of hydroxylamine groups is 1. The third kappa shape index (κ3) is 10.3. The molecule has 7 nitrogen and oxygen atoms in total. The average Bonchev–Trinajstić information content (AvgIpc) is 2.60. The summed E-state index contributed by atoms with van der Waals surface area (Å²) in [5.41, 5.74) is 3.92. The van der Waals surface area contributed by atoms with Crippen LogP contribution in [-0.2, 0) is 35.2 Å². The Kier molecular flexibility index (Phi) is 11.9. The van der Waals surface area contributed by atoms with Gasteiger partial charge in [0.15, 0.2) is 6.79 Å². The van der Waals surface area contributed by atoms with Gasteiger partial charge in [-0.05, 0) is 12.0 Å². The largest absolute Gasteiger partial charge is 0.463 e. The summed E-state index contributed by atoms with van der Waals surface area (Å²) < 4.78 is 20.3. The monoisotopic (exact) mass is 341 g/mol. The summed E-state index contributed by atoms with van der Waals surface area (Å²) in [6.07, 6.45) is 0.817. The molecule has 1 unspecified atom stereocenters. The molecule has 24 heavy (non-hydrogen) atoms. The van der Waals surface area contributed by atoms with Crippen LogP contribution in [0.2, 0.25) is 0 Å². The number of ether oxygens (including phenoxy) is 4. The average molecular weight is 341 g/mol. The van der Waals surface area contributed by atoms with E-state index in [1.807, 2.05) is 30.3 Å². The minimum Gasteiger partial charge on any atom is -0.463 e. The van der Waals surface area contributed by atoms with Crippen molar-refractivity contribution in [3.63, 3.8) is 0 Å². The van der Waals surface area contributed by atoms with Gasteiger partial charge in [0.05, 0.1) is 25.9 Å². The lowest BCUT2D eigenvalue weighted by Crippen LogP contribution is -2.34. The number of hydrogen-bond donors (Lipinski definition) is 1. The van der Waals surface area contributed by atoms with E-state index in [9.17, 15) is 4.79 Å². The van der Waals surface area contributed by atoms with E-state index in [-0.39, 0.29) is 31.8 Å². The van der Waals surface area contributed by atoms with E-state index in [2.05, 4.69) is 5.48 Å². The molecule has 0 saturated carbocycles. The Bertz CT molecular complexity index is 428. The normalized spacial score (nSPS) is 12.1. The fourth-order valence-electron chi connectivity index (χ4n) is 1.91. The summed E-state index contributed by atoms with van der Waals surface area (Å²) in [4.78, 5) is 16.8. The zero-order chi connectivity index (χ0) is 17.5. The van der Waals surface area contributed by atoms with Crippen LogP contribution < -0.4 is 5.48 Å².